The molecule has 0 aromatic rings. The standard InChI is InChI=1S/C29H50O/c1-19(2)9-8-10-20(3)23-12-13-24-22-11-14-26-27(4,5)17-21(30)18-29(26,7)25(22)15-16-28(23,24)6/h14,19-25,30H,8-13,15-18H2,1-7H3/t20-,21+,22+,23-,24+,25+,28-,29-/m1/s1. The van der Waals surface area contributed by atoms with Gasteiger partial charge in [0.15, 0.2) is 0 Å². The van der Waals surface area contributed by atoms with Gasteiger partial charge in [-0.25, -0.2) is 0 Å². The second-order valence-electron chi connectivity index (χ2n) is 13.6. The lowest BCUT2D eigenvalue weighted by Crippen LogP contribution is -2.54. The first kappa shape index (κ1) is 22.9. The predicted octanol–water partition coefficient (Wildman–Crippen LogP) is 8.02. The maximum absolute atomic E-state index is 10.8. The van der Waals surface area contributed by atoms with Gasteiger partial charge in [-0.1, -0.05) is 79.4 Å². The number of aliphatic hydroxyl groups is 1. The lowest BCUT2D eigenvalue weighted by Gasteiger charge is -2.61. The van der Waals surface area contributed by atoms with Crippen molar-refractivity contribution in [2.75, 3.05) is 0 Å². The minimum absolute atomic E-state index is 0.119. The summed E-state index contributed by atoms with van der Waals surface area (Å²) in [4.78, 5) is 0. The second kappa shape index (κ2) is 7.93. The minimum atomic E-state index is -0.119. The van der Waals surface area contributed by atoms with E-state index in [9.17, 15) is 5.11 Å². The molecule has 0 amide bonds. The van der Waals surface area contributed by atoms with Crippen LogP contribution in [0.5, 0.6) is 0 Å². The van der Waals surface area contributed by atoms with Crippen molar-refractivity contribution in [3.63, 3.8) is 0 Å². The first-order valence-electron chi connectivity index (χ1n) is 13.4. The minimum Gasteiger partial charge on any atom is -0.393 e. The van der Waals surface area contributed by atoms with E-state index in [1.807, 2.05) is 0 Å². The van der Waals surface area contributed by atoms with E-state index in [0.717, 1.165) is 48.3 Å². The molecule has 0 saturated heterocycles. The molecule has 0 unspecified atom stereocenters. The number of hydrogen-bond acceptors (Lipinski definition) is 1. The Morgan fingerprint density at radius 2 is 1.70 bits per heavy atom. The van der Waals surface area contributed by atoms with Crippen LogP contribution in [0.2, 0.25) is 0 Å². The van der Waals surface area contributed by atoms with Crippen molar-refractivity contribution in [1.29, 1.82) is 0 Å². The van der Waals surface area contributed by atoms with Gasteiger partial charge in [-0.3, -0.25) is 0 Å². The van der Waals surface area contributed by atoms with E-state index in [-0.39, 0.29) is 16.9 Å². The van der Waals surface area contributed by atoms with Gasteiger partial charge in [0.2, 0.25) is 0 Å². The molecule has 0 aromatic heterocycles. The summed E-state index contributed by atoms with van der Waals surface area (Å²) in [5.41, 5.74) is 2.65. The Morgan fingerprint density at radius 1 is 0.967 bits per heavy atom. The van der Waals surface area contributed by atoms with E-state index in [0.29, 0.717) is 5.41 Å². The zero-order valence-electron chi connectivity index (χ0n) is 21.1. The van der Waals surface area contributed by atoms with Crippen molar-refractivity contribution in [2.24, 2.45) is 51.8 Å². The molecule has 0 spiro atoms. The third kappa shape index (κ3) is 3.64. The van der Waals surface area contributed by atoms with E-state index in [1.165, 1.54) is 51.4 Å². The number of hydrogen-bond donors (Lipinski definition) is 1. The highest BCUT2D eigenvalue weighted by molar-refractivity contribution is 5.30. The molecule has 4 aliphatic rings. The van der Waals surface area contributed by atoms with Crippen molar-refractivity contribution in [3.8, 4) is 0 Å². The Morgan fingerprint density at radius 3 is 2.40 bits per heavy atom. The van der Waals surface area contributed by atoms with E-state index < -0.39 is 0 Å². The third-order valence-corrected chi connectivity index (χ3v) is 10.8. The summed E-state index contributed by atoms with van der Waals surface area (Å²) >= 11 is 0. The maximum atomic E-state index is 10.8. The topological polar surface area (TPSA) is 20.2 Å². The zero-order chi connectivity index (χ0) is 21.9. The van der Waals surface area contributed by atoms with Crippen molar-refractivity contribution in [2.45, 2.75) is 119 Å². The predicted molar refractivity (Wildman–Crippen MR) is 128 cm³/mol. The number of fused-ring (bicyclic) bond motifs is 5. The fourth-order valence-electron chi connectivity index (χ4n) is 9.69. The molecular weight excluding hydrogens is 364 g/mol. The van der Waals surface area contributed by atoms with E-state index in [2.05, 4.69) is 54.5 Å². The quantitative estimate of drug-likeness (QED) is 0.451. The van der Waals surface area contributed by atoms with Crippen molar-refractivity contribution < 1.29 is 5.11 Å². The van der Waals surface area contributed by atoms with E-state index in [1.54, 1.807) is 5.57 Å². The highest BCUT2D eigenvalue weighted by Crippen LogP contribution is 2.68. The molecule has 1 N–H and O–H groups in total. The van der Waals surface area contributed by atoms with Crippen LogP contribution in [0, 0.1) is 51.8 Å². The average Bonchev–Trinajstić information content (AvgIpc) is 2.97. The van der Waals surface area contributed by atoms with Crippen LogP contribution >= 0.6 is 0 Å². The molecule has 0 bridgehead atoms. The van der Waals surface area contributed by atoms with Crippen LogP contribution in [0.4, 0.5) is 0 Å². The van der Waals surface area contributed by atoms with Gasteiger partial charge in [-0.15, -0.1) is 0 Å². The Labute approximate surface area is 187 Å². The summed E-state index contributed by atoms with van der Waals surface area (Å²) in [6, 6.07) is 0. The summed E-state index contributed by atoms with van der Waals surface area (Å²) in [6.07, 6.45) is 15.8. The molecule has 1 nitrogen and oxygen atoms in total. The average molecular weight is 415 g/mol. The van der Waals surface area contributed by atoms with Crippen molar-refractivity contribution >= 4 is 0 Å². The van der Waals surface area contributed by atoms with Gasteiger partial charge >= 0.3 is 0 Å². The van der Waals surface area contributed by atoms with Crippen LogP contribution in [-0.2, 0) is 0 Å². The molecule has 1 heteroatoms. The smallest absolute Gasteiger partial charge is 0.0556 e. The van der Waals surface area contributed by atoms with Crippen LogP contribution in [0.25, 0.3) is 0 Å². The Bertz CT molecular complexity index is 659. The maximum Gasteiger partial charge on any atom is 0.0556 e. The van der Waals surface area contributed by atoms with Crippen LogP contribution < -0.4 is 0 Å². The fraction of sp³-hybridized carbons (Fsp3) is 0.931. The molecule has 4 rings (SSSR count). The number of allylic oxidation sites excluding steroid dienone is 2. The van der Waals surface area contributed by atoms with Crippen LogP contribution in [0.15, 0.2) is 11.6 Å². The van der Waals surface area contributed by atoms with Gasteiger partial charge in [-0.2, -0.15) is 0 Å². The summed E-state index contributed by atoms with van der Waals surface area (Å²) in [7, 11) is 0. The van der Waals surface area contributed by atoms with E-state index >= 15 is 0 Å². The van der Waals surface area contributed by atoms with Crippen molar-refractivity contribution in [3.05, 3.63) is 11.6 Å². The second-order valence-corrected chi connectivity index (χ2v) is 13.6. The lowest BCUT2D eigenvalue weighted by atomic mass is 9.44. The number of rotatable bonds is 5. The molecule has 3 fully saturated rings. The highest BCUT2D eigenvalue weighted by Gasteiger charge is 2.60. The lowest BCUT2D eigenvalue weighted by molar-refractivity contribution is -0.0778. The summed E-state index contributed by atoms with van der Waals surface area (Å²) < 4.78 is 0. The molecule has 0 radical (unpaired) electrons. The van der Waals surface area contributed by atoms with E-state index in [4.69, 9.17) is 0 Å². The first-order chi connectivity index (χ1) is 14.0. The Kier molecular flexibility index (Phi) is 6.05. The van der Waals surface area contributed by atoms with Crippen LogP contribution in [0.3, 0.4) is 0 Å². The molecule has 8 atom stereocenters. The van der Waals surface area contributed by atoms with Crippen LogP contribution in [0.1, 0.15) is 113 Å². The molecule has 4 aliphatic carbocycles. The molecular formula is C29H50O. The Balaban J connectivity index is 1.54. The fourth-order valence-corrected chi connectivity index (χ4v) is 9.69. The first-order valence-corrected chi connectivity index (χ1v) is 13.4. The van der Waals surface area contributed by atoms with Gasteiger partial charge in [0.05, 0.1) is 6.10 Å². The molecule has 3 saturated carbocycles. The largest absolute Gasteiger partial charge is 0.393 e. The highest BCUT2D eigenvalue weighted by atomic mass is 16.3. The normalized spacial score (nSPS) is 46.0. The Hall–Kier alpha value is -0.300. The third-order valence-electron chi connectivity index (χ3n) is 10.8. The molecule has 0 aliphatic heterocycles. The summed E-state index contributed by atoms with van der Waals surface area (Å²) in [6.45, 7) is 17.3. The summed E-state index contributed by atoms with van der Waals surface area (Å²) in [5.74, 6) is 5.22. The molecule has 30 heavy (non-hydrogen) atoms. The van der Waals surface area contributed by atoms with Gasteiger partial charge in [-0.05, 0) is 96.7 Å². The zero-order valence-corrected chi connectivity index (χ0v) is 21.1. The van der Waals surface area contributed by atoms with Gasteiger partial charge in [0.25, 0.3) is 0 Å². The molecule has 0 heterocycles. The van der Waals surface area contributed by atoms with Crippen LogP contribution in [-0.4, -0.2) is 11.2 Å². The SMILES string of the molecule is CC(C)CCC[C@@H](C)[C@H]1CC[C@H]2[C@@H]3CC=C4C(C)(C)C[C@H](O)C[C@]4(C)[C@H]3CC[C@]12C. The van der Waals surface area contributed by atoms with Crippen molar-refractivity contribution in [1.82, 2.24) is 0 Å². The summed E-state index contributed by atoms with van der Waals surface area (Å²) in [5, 5.41) is 10.8. The molecule has 172 valence electrons. The van der Waals surface area contributed by atoms with Gasteiger partial charge < -0.3 is 5.11 Å². The monoisotopic (exact) mass is 414 g/mol. The molecule has 0 aromatic carbocycles. The number of aliphatic hydroxyl groups excluding tert-OH is 1. The van der Waals surface area contributed by atoms with Gasteiger partial charge in [0, 0.05) is 0 Å². The van der Waals surface area contributed by atoms with Gasteiger partial charge in [0.1, 0.15) is 0 Å².